The molecule has 0 unspecified atom stereocenters. The van der Waals surface area contributed by atoms with E-state index in [4.69, 9.17) is 15.2 Å². The van der Waals surface area contributed by atoms with Crippen LogP contribution in [-0.4, -0.2) is 32.7 Å². The summed E-state index contributed by atoms with van der Waals surface area (Å²) in [7, 11) is 0. The van der Waals surface area contributed by atoms with Crippen molar-refractivity contribution in [2.75, 3.05) is 13.3 Å². The third-order valence-electron chi connectivity index (χ3n) is 4.20. The van der Waals surface area contributed by atoms with Gasteiger partial charge in [-0.3, -0.25) is 0 Å². The maximum absolute atomic E-state index is 12.7. The summed E-state index contributed by atoms with van der Waals surface area (Å²) >= 11 is 0. The van der Waals surface area contributed by atoms with Gasteiger partial charge in [0, 0.05) is 12.7 Å². The summed E-state index contributed by atoms with van der Waals surface area (Å²) in [6.45, 7) is 0.196. The van der Waals surface area contributed by atoms with E-state index < -0.39 is 5.69 Å². The third-order valence-corrected chi connectivity index (χ3v) is 4.20. The standard InChI is InChI=1S/C18H16FN5O3/c19-7-12(8-20)9-24-18(25)23(10-22-24)17-6-14(3-4-21-17)13-1-2-15-16(5-13)27-11-26-15/h1-7,10H,8-9,11,20H2/b12-7+. The largest absolute Gasteiger partial charge is 0.454 e. The molecule has 4 rings (SSSR count). The van der Waals surface area contributed by atoms with Gasteiger partial charge in [-0.25, -0.2) is 23.4 Å². The predicted molar refractivity (Wildman–Crippen MR) is 95.4 cm³/mol. The molecule has 0 fully saturated rings. The van der Waals surface area contributed by atoms with Crippen LogP contribution in [0.5, 0.6) is 11.5 Å². The molecule has 1 aliphatic heterocycles. The minimum Gasteiger partial charge on any atom is -0.454 e. The van der Waals surface area contributed by atoms with Crippen LogP contribution in [0.4, 0.5) is 4.39 Å². The van der Waals surface area contributed by atoms with Gasteiger partial charge in [0.2, 0.25) is 6.79 Å². The van der Waals surface area contributed by atoms with Gasteiger partial charge in [0.25, 0.3) is 0 Å². The van der Waals surface area contributed by atoms with Crippen LogP contribution in [0.2, 0.25) is 0 Å². The van der Waals surface area contributed by atoms with Gasteiger partial charge in [-0.2, -0.15) is 5.10 Å². The van der Waals surface area contributed by atoms with Crippen molar-refractivity contribution in [2.45, 2.75) is 6.54 Å². The van der Waals surface area contributed by atoms with Crippen molar-refractivity contribution in [1.82, 2.24) is 19.3 Å². The van der Waals surface area contributed by atoms with Crippen LogP contribution >= 0.6 is 0 Å². The van der Waals surface area contributed by atoms with Crippen LogP contribution in [-0.2, 0) is 6.54 Å². The van der Waals surface area contributed by atoms with Crippen molar-refractivity contribution in [2.24, 2.45) is 5.73 Å². The molecule has 2 aromatic heterocycles. The lowest BCUT2D eigenvalue weighted by Gasteiger charge is -2.06. The predicted octanol–water partition coefficient (Wildman–Crippen LogP) is 1.64. The number of benzene rings is 1. The second-order valence-corrected chi connectivity index (χ2v) is 5.88. The highest BCUT2D eigenvalue weighted by Crippen LogP contribution is 2.35. The fraction of sp³-hybridized carbons (Fsp3) is 0.167. The minimum atomic E-state index is -0.432. The first-order valence-corrected chi connectivity index (χ1v) is 8.18. The average molecular weight is 369 g/mol. The highest BCUT2D eigenvalue weighted by molar-refractivity contribution is 5.68. The zero-order valence-electron chi connectivity index (χ0n) is 14.2. The van der Waals surface area contributed by atoms with E-state index in [0.29, 0.717) is 23.6 Å². The van der Waals surface area contributed by atoms with Gasteiger partial charge in [-0.1, -0.05) is 6.07 Å². The molecule has 27 heavy (non-hydrogen) atoms. The highest BCUT2D eigenvalue weighted by atomic mass is 19.1. The van der Waals surface area contributed by atoms with Gasteiger partial charge in [-0.15, -0.1) is 0 Å². The Labute approximate surface area is 153 Å². The number of nitrogens with zero attached hydrogens (tertiary/aromatic N) is 4. The van der Waals surface area contributed by atoms with E-state index in [0.717, 1.165) is 15.8 Å². The second kappa shape index (κ2) is 7.04. The van der Waals surface area contributed by atoms with E-state index in [9.17, 15) is 9.18 Å². The van der Waals surface area contributed by atoms with Crippen molar-refractivity contribution in [3.05, 3.63) is 65.2 Å². The second-order valence-electron chi connectivity index (χ2n) is 5.88. The van der Waals surface area contributed by atoms with Crippen LogP contribution in [0.1, 0.15) is 0 Å². The van der Waals surface area contributed by atoms with Crippen LogP contribution < -0.4 is 20.9 Å². The molecule has 0 radical (unpaired) electrons. The van der Waals surface area contributed by atoms with E-state index in [1.54, 1.807) is 12.3 Å². The van der Waals surface area contributed by atoms with E-state index in [2.05, 4.69) is 10.1 Å². The number of aromatic nitrogens is 4. The summed E-state index contributed by atoms with van der Waals surface area (Å²) in [5, 5.41) is 4.01. The number of fused-ring (bicyclic) bond motifs is 1. The molecule has 3 aromatic rings. The maximum atomic E-state index is 12.7. The fourth-order valence-corrected chi connectivity index (χ4v) is 2.74. The smallest absolute Gasteiger partial charge is 0.351 e. The molecular formula is C18H16FN5O3. The Kier molecular flexibility index (Phi) is 4.43. The lowest BCUT2D eigenvalue weighted by atomic mass is 10.1. The number of pyridine rings is 1. The summed E-state index contributed by atoms with van der Waals surface area (Å²) in [5.41, 5.74) is 7.02. The molecule has 0 aliphatic carbocycles. The van der Waals surface area contributed by atoms with Gasteiger partial charge >= 0.3 is 5.69 Å². The molecule has 138 valence electrons. The molecule has 9 heteroatoms. The van der Waals surface area contributed by atoms with Gasteiger partial charge in [0.15, 0.2) is 11.5 Å². The molecule has 3 heterocycles. The van der Waals surface area contributed by atoms with Gasteiger partial charge in [0.1, 0.15) is 12.1 Å². The molecule has 0 amide bonds. The number of rotatable bonds is 5. The number of halogens is 1. The van der Waals surface area contributed by atoms with Crippen molar-refractivity contribution < 1.29 is 13.9 Å². The number of hydrogen-bond donors (Lipinski definition) is 1. The quantitative estimate of drug-likeness (QED) is 0.734. The summed E-state index contributed by atoms with van der Waals surface area (Å²) in [6.07, 6.45) is 3.34. The summed E-state index contributed by atoms with van der Waals surface area (Å²) in [4.78, 5) is 16.8. The Morgan fingerprint density at radius 3 is 2.85 bits per heavy atom. The first-order chi connectivity index (χ1) is 13.2. The monoisotopic (exact) mass is 369 g/mol. The lowest BCUT2D eigenvalue weighted by molar-refractivity contribution is 0.174. The molecule has 0 bridgehead atoms. The molecule has 0 spiro atoms. The van der Waals surface area contributed by atoms with Crippen molar-refractivity contribution >= 4 is 0 Å². The zero-order valence-corrected chi connectivity index (χ0v) is 14.2. The summed E-state index contributed by atoms with van der Waals surface area (Å²) < 4.78 is 25.9. The van der Waals surface area contributed by atoms with Crippen LogP contribution in [0.15, 0.2) is 59.6 Å². The Balaban J connectivity index is 1.67. The molecule has 8 nitrogen and oxygen atoms in total. The van der Waals surface area contributed by atoms with Gasteiger partial charge < -0.3 is 15.2 Å². The average Bonchev–Trinajstić information content (AvgIpc) is 3.32. The Morgan fingerprint density at radius 2 is 2.04 bits per heavy atom. The number of nitrogens with two attached hydrogens (primary N) is 1. The zero-order chi connectivity index (χ0) is 18.8. The summed E-state index contributed by atoms with van der Waals surface area (Å²) in [5.74, 6) is 1.77. The van der Waals surface area contributed by atoms with Crippen LogP contribution in [0.25, 0.3) is 16.9 Å². The first kappa shape index (κ1) is 17.0. The van der Waals surface area contributed by atoms with E-state index in [1.807, 2.05) is 24.3 Å². The van der Waals surface area contributed by atoms with E-state index >= 15 is 0 Å². The minimum absolute atomic E-state index is 0.00759. The molecule has 2 N–H and O–H groups in total. The van der Waals surface area contributed by atoms with E-state index in [-0.39, 0.29) is 25.5 Å². The van der Waals surface area contributed by atoms with Crippen LogP contribution in [0.3, 0.4) is 0 Å². The van der Waals surface area contributed by atoms with Crippen LogP contribution in [0, 0.1) is 0 Å². The van der Waals surface area contributed by atoms with Crippen molar-refractivity contribution in [3.8, 4) is 28.4 Å². The highest BCUT2D eigenvalue weighted by Gasteiger charge is 2.15. The maximum Gasteiger partial charge on any atom is 0.351 e. The molecule has 1 aliphatic rings. The number of hydrogen-bond acceptors (Lipinski definition) is 6. The molecule has 1 aromatic carbocycles. The number of ether oxygens (including phenoxy) is 2. The third kappa shape index (κ3) is 3.20. The Bertz CT molecular complexity index is 1070. The topological polar surface area (TPSA) is 97.2 Å². The molecule has 0 saturated heterocycles. The first-order valence-electron chi connectivity index (χ1n) is 8.18. The normalized spacial score (nSPS) is 13.2. The van der Waals surface area contributed by atoms with E-state index in [1.165, 1.54) is 10.9 Å². The summed E-state index contributed by atoms with van der Waals surface area (Å²) in [6, 6.07) is 9.19. The Hall–Kier alpha value is -3.46. The fourth-order valence-electron chi connectivity index (χ4n) is 2.74. The van der Waals surface area contributed by atoms with Crippen molar-refractivity contribution in [1.29, 1.82) is 0 Å². The Morgan fingerprint density at radius 1 is 1.22 bits per heavy atom. The SMILES string of the molecule is NC/C(=C\F)Cn1ncn(-c2cc(-c3ccc4c(c3)OCO4)ccn2)c1=O. The van der Waals surface area contributed by atoms with Crippen molar-refractivity contribution in [3.63, 3.8) is 0 Å². The molecular weight excluding hydrogens is 353 g/mol. The van der Waals surface area contributed by atoms with Gasteiger partial charge in [0.05, 0.1) is 12.9 Å². The molecule has 0 atom stereocenters. The lowest BCUT2D eigenvalue weighted by Crippen LogP contribution is -2.26. The van der Waals surface area contributed by atoms with Gasteiger partial charge in [-0.05, 0) is 41.0 Å². The molecule has 0 saturated carbocycles.